The van der Waals surface area contributed by atoms with Gasteiger partial charge in [-0.25, -0.2) is 9.78 Å². The highest BCUT2D eigenvalue weighted by atomic mass is 19.4. The number of alkyl halides is 3. The zero-order valence-electron chi connectivity index (χ0n) is 16.9. The number of urea groups is 1. The van der Waals surface area contributed by atoms with Crippen LogP contribution >= 0.6 is 0 Å². The zero-order valence-corrected chi connectivity index (χ0v) is 16.9. The molecule has 2 N–H and O–H groups in total. The fourth-order valence-corrected chi connectivity index (χ4v) is 3.61. The van der Waals surface area contributed by atoms with Crippen molar-refractivity contribution in [2.24, 2.45) is 0 Å². The van der Waals surface area contributed by atoms with E-state index < -0.39 is 29.7 Å². The Hall–Kier alpha value is -3.63. The smallest absolute Gasteiger partial charge is 0.335 e. The highest BCUT2D eigenvalue weighted by Crippen LogP contribution is 2.33. The van der Waals surface area contributed by atoms with Gasteiger partial charge in [0.05, 0.1) is 16.8 Å². The minimum absolute atomic E-state index is 0.0512. The van der Waals surface area contributed by atoms with Crippen molar-refractivity contribution in [3.05, 3.63) is 47.3 Å². The number of carbonyl (C=O) groups is 2. The number of likely N-dealkylation sites (N-methyl/N-ethyl adjacent to an activating group) is 1. The maximum atomic E-state index is 13.2. The van der Waals surface area contributed by atoms with E-state index >= 15 is 0 Å². The van der Waals surface area contributed by atoms with Gasteiger partial charge in [-0.2, -0.15) is 18.3 Å². The molecule has 162 valence electrons. The summed E-state index contributed by atoms with van der Waals surface area (Å²) in [6.45, 7) is 3.20. The van der Waals surface area contributed by atoms with Gasteiger partial charge in [0.1, 0.15) is 11.9 Å². The summed E-state index contributed by atoms with van der Waals surface area (Å²) in [5.41, 5.74) is 1.26. The lowest BCUT2D eigenvalue weighted by Gasteiger charge is -2.27. The summed E-state index contributed by atoms with van der Waals surface area (Å²) >= 11 is 0. The second-order valence-electron chi connectivity index (χ2n) is 7.36. The van der Waals surface area contributed by atoms with Gasteiger partial charge in [0.15, 0.2) is 0 Å². The van der Waals surface area contributed by atoms with Crippen molar-refractivity contribution in [2.45, 2.75) is 26.1 Å². The Morgan fingerprint density at radius 2 is 1.97 bits per heavy atom. The molecule has 1 aliphatic heterocycles. The van der Waals surface area contributed by atoms with E-state index in [1.807, 2.05) is 13.0 Å². The lowest BCUT2D eigenvalue weighted by atomic mass is 10.1. The number of benzene rings is 1. The summed E-state index contributed by atoms with van der Waals surface area (Å²) in [5, 5.41) is 10.4. The molecule has 31 heavy (non-hydrogen) atoms. The number of nitrogens with one attached hydrogen (secondary N) is 2. The van der Waals surface area contributed by atoms with Crippen molar-refractivity contribution in [1.82, 2.24) is 20.5 Å². The molecule has 0 bridgehead atoms. The van der Waals surface area contributed by atoms with E-state index in [1.54, 1.807) is 19.2 Å². The summed E-state index contributed by atoms with van der Waals surface area (Å²) < 4.78 is 39.7. The van der Waals surface area contributed by atoms with Gasteiger partial charge >= 0.3 is 12.2 Å². The number of H-pyrrole nitrogens is 1. The molecule has 1 saturated heterocycles. The van der Waals surface area contributed by atoms with Crippen LogP contribution in [0.4, 0.5) is 29.5 Å². The highest BCUT2D eigenvalue weighted by molar-refractivity contribution is 6.08. The van der Waals surface area contributed by atoms with Crippen LogP contribution in [-0.2, 0) is 11.0 Å². The Bertz CT molecular complexity index is 1190. The van der Waals surface area contributed by atoms with Crippen molar-refractivity contribution < 1.29 is 22.8 Å². The van der Waals surface area contributed by atoms with Gasteiger partial charge in [-0.1, -0.05) is 0 Å². The molecule has 0 saturated carbocycles. The first kappa shape index (κ1) is 20.6. The van der Waals surface area contributed by atoms with Crippen molar-refractivity contribution in [3.8, 4) is 0 Å². The SMILES string of the molecule is Cc1cc(C(F)(F)F)cc(N2C(=O)NC[C@H]2C(=O)N(C)c2ccc3c(C)n[nH]c3c2)n1. The number of aryl methyl sites for hydroxylation is 2. The van der Waals surface area contributed by atoms with Crippen LogP contribution in [0.1, 0.15) is 17.0 Å². The van der Waals surface area contributed by atoms with E-state index in [1.165, 1.54) is 11.8 Å². The summed E-state index contributed by atoms with van der Waals surface area (Å²) in [6.07, 6.45) is -4.60. The second kappa shape index (κ2) is 7.25. The molecule has 3 amide bonds. The van der Waals surface area contributed by atoms with Crippen LogP contribution in [0, 0.1) is 13.8 Å². The minimum atomic E-state index is -4.60. The molecule has 3 heterocycles. The molecule has 4 rings (SSSR count). The number of aromatic nitrogens is 3. The Balaban J connectivity index is 1.67. The van der Waals surface area contributed by atoms with Gasteiger partial charge < -0.3 is 10.2 Å². The van der Waals surface area contributed by atoms with Gasteiger partial charge in [-0.05, 0) is 44.2 Å². The minimum Gasteiger partial charge on any atom is -0.335 e. The van der Waals surface area contributed by atoms with Gasteiger partial charge in [0.25, 0.3) is 5.91 Å². The van der Waals surface area contributed by atoms with E-state index in [9.17, 15) is 22.8 Å². The lowest BCUT2D eigenvalue weighted by Crippen LogP contribution is -2.47. The molecule has 3 aromatic rings. The van der Waals surface area contributed by atoms with Crippen molar-refractivity contribution >= 4 is 34.3 Å². The van der Waals surface area contributed by atoms with Crippen molar-refractivity contribution in [3.63, 3.8) is 0 Å². The van der Waals surface area contributed by atoms with E-state index in [0.717, 1.165) is 33.6 Å². The molecule has 11 heteroatoms. The monoisotopic (exact) mass is 432 g/mol. The molecule has 2 aromatic heterocycles. The molecule has 0 aliphatic carbocycles. The van der Waals surface area contributed by atoms with Crippen molar-refractivity contribution in [2.75, 3.05) is 23.4 Å². The predicted octanol–water partition coefficient (Wildman–Crippen LogP) is 3.15. The van der Waals surface area contributed by atoms with Crippen LogP contribution in [0.3, 0.4) is 0 Å². The summed E-state index contributed by atoms with van der Waals surface area (Å²) in [4.78, 5) is 32.0. The van der Waals surface area contributed by atoms with Crippen LogP contribution in [0.25, 0.3) is 10.9 Å². The zero-order chi connectivity index (χ0) is 22.5. The predicted molar refractivity (Wildman–Crippen MR) is 108 cm³/mol. The number of halogens is 3. The Labute approximate surface area is 175 Å². The van der Waals surface area contributed by atoms with Crippen LogP contribution in [-0.4, -0.2) is 46.8 Å². The van der Waals surface area contributed by atoms with E-state index in [-0.39, 0.29) is 18.1 Å². The van der Waals surface area contributed by atoms with Gasteiger partial charge in [0, 0.05) is 30.4 Å². The number of aromatic amines is 1. The second-order valence-corrected chi connectivity index (χ2v) is 7.36. The number of anilines is 2. The Morgan fingerprint density at radius 3 is 2.68 bits per heavy atom. The maximum Gasteiger partial charge on any atom is 0.416 e. The van der Waals surface area contributed by atoms with Gasteiger partial charge in [-0.15, -0.1) is 0 Å². The molecular formula is C20H19F3N6O2. The Kier molecular flexibility index (Phi) is 4.83. The third-order valence-corrected chi connectivity index (χ3v) is 5.23. The average molecular weight is 432 g/mol. The standard InChI is InChI=1S/C20H19F3N6O2/c1-10-6-12(20(21,22)23)7-17(25-10)29-16(9-24-19(29)31)18(30)28(3)13-4-5-14-11(2)26-27-15(14)8-13/h4-8,16H,9H2,1-3H3,(H,24,31)(H,26,27)/t16-/m0/s1. The third-order valence-electron chi connectivity index (χ3n) is 5.23. The molecule has 1 fully saturated rings. The fraction of sp³-hybridized carbons (Fsp3) is 0.300. The van der Waals surface area contributed by atoms with Crippen LogP contribution in [0.2, 0.25) is 0 Å². The van der Waals surface area contributed by atoms with E-state index in [2.05, 4.69) is 20.5 Å². The molecule has 0 unspecified atom stereocenters. The topological polar surface area (TPSA) is 94.2 Å². The Morgan fingerprint density at radius 1 is 1.23 bits per heavy atom. The van der Waals surface area contributed by atoms with Crippen LogP contribution < -0.4 is 15.1 Å². The highest BCUT2D eigenvalue weighted by Gasteiger charge is 2.41. The van der Waals surface area contributed by atoms with E-state index in [0.29, 0.717) is 5.69 Å². The number of fused-ring (bicyclic) bond motifs is 1. The van der Waals surface area contributed by atoms with Crippen molar-refractivity contribution in [1.29, 1.82) is 0 Å². The summed E-state index contributed by atoms with van der Waals surface area (Å²) in [5.74, 6) is -0.695. The molecular weight excluding hydrogens is 413 g/mol. The molecule has 1 aliphatic rings. The first-order chi connectivity index (χ1) is 14.6. The first-order valence-electron chi connectivity index (χ1n) is 9.41. The average Bonchev–Trinajstić information content (AvgIpc) is 3.28. The number of hydrogen-bond acceptors (Lipinski definition) is 4. The first-order valence-corrected chi connectivity index (χ1v) is 9.41. The fourth-order valence-electron chi connectivity index (χ4n) is 3.61. The lowest BCUT2D eigenvalue weighted by molar-refractivity contribution is -0.137. The quantitative estimate of drug-likeness (QED) is 0.665. The largest absolute Gasteiger partial charge is 0.416 e. The molecule has 1 atom stereocenters. The summed E-state index contributed by atoms with van der Waals surface area (Å²) in [6, 6.07) is 5.24. The van der Waals surface area contributed by atoms with E-state index in [4.69, 9.17) is 0 Å². The molecule has 0 spiro atoms. The molecule has 8 nitrogen and oxygen atoms in total. The number of pyridine rings is 1. The normalized spacial score (nSPS) is 16.6. The van der Waals surface area contributed by atoms with Crippen LogP contribution in [0.5, 0.6) is 0 Å². The number of rotatable bonds is 3. The number of hydrogen-bond donors (Lipinski definition) is 2. The van der Waals surface area contributed by atoms with Crippen LogP contribution in [0.15, 0.2) is 30.3 Å². The number of amides is 3. The number of carbonyl (C=O) groups excluding carboxylic acids is 2. The van der Waals surface area contributed by atoms with Gasteiger partial charge in [-0.3, -0.25) is 14.8 Å². The molecule has 0 radical (unpaired) electrons. The maximum absolute atomic E-state index is 13.2. The summed E-state index contributed by atoms with van der Waals surface area (Å²) in [7, 11) is 1.54. The third kappa shape index (κ3) is 3.66. The van der Waals surface area contributed by atoms with Gasteiger partial charge in [0.2, 0.25) is 0 Å². The number of nitrogens with zero attached hydrogens (tertiary/aromatic N) is 4. The molecule has 1 aromatic carbocycles.